The first-order valence-electron chi connectivity index (χ1n) is 6.40. The van der Waals surface area contributed by atoms with Gasteiger partial charge in [-0.2, -0.15) is 0 Å². The van der Waals surface area contributed by atoms with Crippen LogP contribution < -0.4 is 0 Å². The summed E-state index contributed by atoms with van der Waals surface area (Å²) >= 11 is 0. The summed E-state index contributed by atoms with van der Waals surface area (Å²) < 4.78 is 0. The Labute approximate surface area is 108 Å². The Hall–Kier alpha value is -1.67. The summed E-state index contributed by atoms with van der Waals surface area (Å²) in [4.78, 5) is 4.04. The van der Waals surface area contributed by atoms with Crippen molar-refractivity contribution in [3.63, 3.8) is 0 Å². The van der Waals surface area contributed by atoms with Crippen LogP contribution in [0.4, 0.5) is 0 Å². The van der Waals surface area contributed by atoms with Crippen molar-refractivity contribution in [1.82, 2.24) is 4.98 Å². The fourth-order valence-electron chi connectivity index (χ4n) is 2.16. The molecule has 0 saturated carbocycles. The van der Waals surface area contributed by atoms with E-state index in [1.165, 1.54) is 5.56 Å². The van der Waals surface area contributed by atoms with Gasteiger partial charge in [-0.3, -0.25) is 4.98 Å². The lowest BCUT2D eigenvalue weighted by molar-refractivity contribution is 0.164. The first kappa shape index (κ1) is 12.8. The van der Waals surface area contributed by atoms with E-state index in [2.05, 4.69) is 29.2 Å². The summed E-state index contributed by atoms with van der Waals surface area (Å²) in [5.74, 6) is 0. The minimum absolute atomic E-state index is 0.378. The van der Waals surface area contributed by atoms with Crippen molar-refractivity contribution in [2.24, 2.45) is 0 Å². The van der Waals surface area contributed by atoms with Gasteiger partial charge in [0.25, 0.3) is 0 Å². The Morgan fingerprint density at radius 2 is 1.94 bits per heavy atom. The Kier molecular flexibility index (Phi) is 4.48. The average Bonchev–Trinajstić information content (AvgIpc) is 2.40. The van der Waals surface area contributed by atoms with Crippen LogP contribution in [0.1, 0.15) is 35.6 Å². The number of rotatable bonds is 5. The number of hydrogen-bond acceptors (Lipinski definition) is 2. The largest absolute Gasteiger partial charge is 0.388 e. The zero-order valence-electron chi connectivity index (χ0n) is 10.7. The van der Waals surface area contributed by atoms with Gasteiger partial charge < -0.3 is 5.11 Å². The van der Waals surface area contributed by atoms with Gasteiger partial charge in [0, 0.05) is 12.4 Å². The second-order valence-corrected chi connectivity index (χ2v) is 4.63. The molecule has 2 heteroatoms. The van der Waals surface area contributed by atoms with E-state index in [0.717, 1.165) is 30.4 Å². The van der Waals surface area contributed by atoms with E-state index in [1.54, 1.807) is 12.4 Å². The minimum Gasteiger partial charge on any atom is -0.388 e. The maximum atomic E-state index is 10.2. The first-order valence-corrected chi connectivity index (χ1v) is 6.40. The lowest BCUT2D eigenvalue weighted by atomic mass is 9.99. The molecule has 0 aliphatic rings. The fraction of sp³-hybridized carbons (Fsp3) is 0.312. The molecule has 0 fully saturated rings. The van der Waals surface area contributed by atoms with Gasteiger partial charge in [-0.25, -0.2) is 0 Å². The number of aromatic nitrogens is 1. The SMILES string of the molecule is Cc1cnccc1C(O)CCCc1ccccc1. The van der Waals surface area contributed by atoms with Crippen molar-refractivity contribution in [3.8, 4) is 0 Å². The third-order valence-electron chi connectivity index (χ3n) is 3.21. The molecule has 1 aromatic carbocycles. The minimum atomic E-state index is -0.378. The molecule has 94 valence electrons. The predicted molar refractivity (Wildman–Crippen MR) is 73.3 cm³/mol. The number of hydrogen-bond donors (Lipinski definition) is 1. The van der Waals surface area contributed by atoms with Gasteiger partial charge in [0.2, 0.25) is 0 Å². The number of pyridine rings is 1. The Bertz CT molecular complexity index is 481. The fourth-order valence-corrected chi connectivity index (χ4v) is 2.16. The molecule has 0 spiro atoms. The van der Waals surface area contributed by atoms with E-state index in [0.29, 0.717) is 0 Å². The number of benzene rings is 1. The number of aliphatic hydroxyl groups is 1. The van der Waals surface area contributed by atoms with E-state index >= 15 is 0 Å². The highest BCUT2D eigenvalue weighted by atomic mass is 16.3. The maximum Gasteiger partial charge on any atom is 0.0793 e. The molecule has 0 aliphatic carbocycles. The molecular formula is C16H19NO. The Balaban J connectivity index is 1.86. The van der Waals surface area contributed by atoms with E-state index in [-0.39, 0.29) is 6.10 Å². The third kappa shape index (κ3) is 3.41. The summed E-state index contributed by atoms with van der Waals surface area (Å²) in [6.45, 7) is 1.99. The van der Waals surface area contributed by atoms with Crippen molar-refractivity contribution < 1.29 is 5.11 Å². The Morgan fingerprint density at radius 3 is 2.67 bits per heavy atom. The van der Waals surface area contributed by atoms with Crippen molar-refractivity contribution in [1.29, 1.82) is 0 Å². The summed E-state index contributed by atoms with van der Waals surface area (Å²) in [5, 5.41) is 10.2. The molecule has 1 heterocycles. The highest BCUT2D eigenvalue weighted by Gasteiger charge is 2.09. The first-order chi connectivity index (χ1) is 8.77. The van der Waals surface area contributed by atoms with Crippen molar-refractivity contribution >= 4 is 0 Å². The molecule has 1 N–H and O–H groups in total. The summed E-state index contributed by atoms with van der Waals surface area (Å²) in [6, 6.07) is 12.3. The molecule has 0 bridgehead atoms. The van der Waals surface area contributed by atoms with Crippen LogP contribution in [0.3, 0.4) is 0 Å². The highest BCUT2D eigenvalue weighted by molar-refractivity contribution is 5.24. The average molecular weight is 241 g/mol. The highest BCUT2D eigenvalue weighted by Crippen LogP contribution is 2.21. The van der Waals surface area contributed by atoms with Crippen molar-refractivity contribution in [3.05, 3.63) is 65.5 Å². The third-order valence-corrected chi connectivity index (χ3v) is 3.21. The maximum absolute atomic E-state index is 10.2. The second kappa shape index (κ2) is 6.31. The molecule has 0 amide bonds. The van der Waals surface area contributed by atoms with Crippen molar-refractivity contribution in [2.75, 3.05) is 0 Å². The van der Waals surface area contributed by atoms with E-state index in [1.807, 2.05) is 19.1 Å². The normalized spacial score (nSPS) is 12.3. The molecule has 0 radical (unpaired) electrons. The summed E-state index contributed by atoms with van der Waals surface area (Å²) in [7, 11) is 0. The van der Waals surface area contributed by atoms with Gasteiger partial charge in [-0.05, 0) is 48.9 Å². The molecule has 1 unspecified atom stereocenters. The molecular weight excluding hydrogens is 222 g/mol. The van der Waals surface area contributed by atoms with Crippen molar-refractivity contribution in [2.45, 2.75) is 32.3 Å². The molecule has 18 heavy (non-hydrogen) atoms. The van der Waals surface area contributed by atoms with E-state index in [9.17, 15) is 5.11 Å². The topological polar surface area (TPSA) is 33.1 Å². The smallest absolute Gasteiger partial charge is 0.0793 e. The van der Waals surface area contributed by atoms with Crippen LogP contribution in [0, 0.1) is 6.92 Å². The zero-order chi connectivity index (χ0) is 12.8. The van der Waals surface area contributed by atoms with Crippen LogP contribution in [-0.4, -0.2) is 10.1 Å². The standard InChI is InChI=1S/C16H19NO/c1-13-12-17-11-10-15(13)16(18)9-5-8-14-6-3-2-4-7-14/h2-4,6-7,10-12,16,18H,5,8-9H2,1H3. The summed E-state index contributed by atoms with van der Waals surface area (Å²) in [6.07, 6.45) is 5.96. The molecule has 2 rings (SSSR count). The van der Waals surface area contributed by atoms with Crippen LogP contribution in [0.2, 0.25) is 0 Å². The van der Waals surface area contributed by atoms with Crippen LogP contribution in [-0.2, 0) is 6.42 Å². The van der Waals surface area contributed by atoms with Gasteiger partial charge in [0.1, 0.15) is 0 Å². The monoisotopic (exact) mass is 241 g/mol. The molecule has 2 aromatic rings. The van der Waals surface area contributed by atoms with Crippen LogP contribution in [0.15, 0.2) is 48.8 Å². The van der Waals surface area contributed by atoms with Gasteiger partial charge in [-0.15, -0.1) is 0 Å². The van der Waals surface area contributed by atoms with Gasteiger partial charge >= 0.3 is 0 Å². The van der Waals surface area contributed by atoms with Crippen LogP contribution in [0.5, 0.6) is 0 Å². The van der Waals surface area contributed by atoms with E-state index < -0.39 is 0 Å². The zero-order valence-corrected chi connectivity index (χ0v) is 10.7. The lowest BCUT2D eigenvalue weighted by Gasteiger charge is -2.13. The lowest BCUT2D eigenvalue weighted by Crippen LogP contribution is -2.01. The molecule has 2 nitrogen and oxygen atoms in total. The predicted octanol–water partition coefficient (Wildman–Crippen LogP) is 3.45. The second-order valence-electron chi connectivity index (χ2n) is 4.63. The van der Waals surface area contributed by atoms with Gasteiger partial charge in [0.15, 0.2) is 0 Å². The summed E-state index contributed by atoms with van der Waals surface area (Å²) in [5.41, 5.74) is 3.39. The van der Waals surface area contributed by atoms with Crippen LogP contribution in [0.25, 0.3) is 0 Å². The van der Waals surface area contributed by atoms with Crippen LogP contribution >= 0.6 is 0 Å². The van der Waals surface area contributed by atoms with Gasteiger partial charge in [0.05, 0.1) is 6.10 Å². The molecule has 0 saturated heterocycles. The molecule has 1 atom stereocenters. The molecule has 1 aromatic heterocycles. The number of aryl methyl sites for hydroxylation is 2. The number of aliphatic hydroxyl groups excluding tert-OH is 1. The Morgan fingerprint density at radius 1 is 1.17 bits per heavy atom. The molecule has 0 aliphatic heterocycles. The van der Waals surface area contributed by atoms with Gasteiger partial charge in [-0.1, -0.05) is 30.3 Å². The quantitative estimate of drug-likeness (QED) is 0.869. The number of nitrogens with zero attached hydrogens (tertiary/aromatic N) is 1. The van der Waals surface area contributed by atoms with E-state index in [4.69, 9.17) is 0 Å².